The number of Topliss-reactive ketones (excluding diaryl/α,β-unsaturated/α-hetero) is 1. The van der Waals surface area contributed by atoms with Gasteiger partial charge >= 0.3 is 0 Å². The van der Waals surface area contributed by atoms with Crippen LogP contribution >= 0.6 is 11.6 Å². The maximum Gasteiger partial charge on any atom is 0.159 e. The van der Waals surface area contributed by atoms with Gasteiger partial charge in [0.2, 0.25) is 0 Å². The predicted octanol–water partition coefficient (Wildman–Crippen LogP) is 6.61. The number of hydrogen-bond donors (Lipinski definition) is 0. The van der Waals surface area contributed by atoms with Crippen LogP contribution in [0.15, 0.2) is 54.9 Å². The van der Waals surface area contributed by atoms with Gasteiger partial charge in [0.25, 0.3) is 0 Å². The van der Waals surface area contributed by atoms with Gasteiger partial charge in [-0.2, -0.15) is 0 Å². The normalized spacial score (nSPS) is 12.2. The average molecular weight is 354 g/mol. The number of carbonyl (C=O) groups excluding carboxylic acids is 1. The molecule has 0 amide bonds. The summed E-state index contributed by atoms with van der Waals surface area (Å²) in [6.45, 7) is 7.96. The third-order valence-corrected chi connectivity index (χ3v) is 4.23. The lowest BCUT2D eigenvalue weighted by Crippen LogP contribution is -1.93. The number of rotatable bonds is 6. The molecule has 2 rings (SSSR count). The van der Waals surface area contributed by atoms with Crippen LogP contribution in [0.25, 0.3) is 16.7 Å². The van der Waals surface area contributed by atoms with Gasteiger partial charge in [0.05, 0.1) is 0 Å². The Balaban J connectivity index is 2.44. The van der Waals surface area contributed by atoms with E-state index in [1.165, 1.54) is 6.92 Å². The second kappa shape index (κ2) is 8.77. The van der Waals surface area contributed by atoms with Crippen LogP contribution in [0.2, 0.25) is 5.02 Å². The maximum atomic E-state index is 11.5. The van der Waals surface area contributed by atoms with Crippen LogP contribution in [0.4, 0.5) is 0 Å². The lowest BCUT2D eigenvalue weighted by molar-refractivity contribution is 0.101. The number of hydrogen-bond acceptors (Lipinski definition) is 2. The molecule has 0 aliphatic carbocycles. The molecule has 0 radical (unpaired) electrons. The van der Waals surface area contributed by atoms with Crippen LogP contribution in [0.3, 0.4) is 0 Å². The number of aromatic nitrogens is 1. The van der Waals surface area contributed by atoms with Crippen LogP contribution in [0, 0.1) is 5.92 Å². The first-order valence-corrected chi connectivity index (χ1v) is 8.89. The van der Waals surface area contributed by atoms with Crippen LogP contribution in [0.5, 0.6) is 0 Å². The summed E-state index contributed by atoms with van der Waals surface area (Å²) in [5, 5.41) is 0.561. The molecule has 130 valence electrons. The fourth-order valence-corrected chi connectivity index (χ4v) is 2.83. The Kier molecular flexibility index (Phi) is 6.72. The molecule has 2 aromatic rings. The lowest BCUT2D eigenvalue weighted by atomic mass is 9.98. The molecule has 0 saturated heterocycles. The van der Waals surface area contributed by atoms with E-state index in [1.54, 1.807) is 18.3 Å². The summed E-state index contributed by atoms with van der Waals surface area (Å²) in [6.07, 6.45) is 11.1. The van der Waals surface area contributed by atoms with Crippen molar-refractivity contribution in [2.75, 3.05) is 0 Å². The first-order valence-electron chi connectivity index (χ1n) is 8.51. The van der Waals surface area contributed by atoms with Crippen LogP contribution < -0.4 is 0 Å². The van der Waals surface area contributed by atoms with Gasteiger partial charge in [-0.05, 0) is 43.9 Å². The first kappa shape index (κ1) is 19.1. The van der Waals surface area contributed by atoms with Crippen molar-refractivity contribution in [1.29, 1.82) is 0 Å². The van der Waals surface area contributed by atoms with E-state index in [0.29, 0.717) is 16.5 Å². The van der Waals surface area contributed by atoms with Gasteiger partial charge < -0.3 is 0 Å². The van der Waals surface area contributed by atoms with Crippen molar-refractivity contribution in [3.05, 3.63) is 71.0 Å². The minimum absolute atomic E-state index is 0.00677. The Morgan fingerprint density at radius 1 is 1.20 bits per heavy atom. The summed E-state index contributed by atoms with van der Waals surface area (Å²) < 4.78 is 0. The Labute approximate surface area is 155 Å². The molecule has 1 aromatic heterocycles. The maximum absolute atomic E-state index is 11.5. The Bertz CT molecular complexity index is 819. The Morgan fingerprint density at radius 2 is 1.96 bits per heavy atom. The Hall–Kier alpha value is -2.19. The van der Waals surface area contributed by atoms with Crippen molar-refractivity contribution in [3.63, 3.8) is 0 Å². The molecule has 0 saturated carbocycles. The number of allylic oxidation sites excluding steroid dienone is 4. The number of nitrogens with zero attached hydrogens (tertiary/aromatic N) is 1. The van der Waals surface area contributed by atoms with E-state index in [9.17, 15) is 4.79 Å². The van der Waals surface area contributed by atoms with E-state index in [-0.39, 0.29) is 5.78 Å². The molecule has 0 aliphatic rings. The summed E-state index contributed by atoms with van der Waals surface area (Å²) in [4.78, 5) is 15.9. The van der Waals surface area contributed by atoms with E-state index in [1.807, 2.05) is 25.3 Å². The first-order chi connectivity index (χ1) is 11.9. The third-order valence-electron chi connectivity index (χ3n) is 3.91. The topological polar surface area (TPSA) is 30.0 Å². The fraction of sp³-hybridized carbons (Fsp3) is 0.273. The largest absolute Gasteiger partial charge is 0.295 e. The molecule has 2 nitrogen and oxygen atoms in total. The molecule has 0 aliphatic heterocycles. The SMILES string of the molecule is C/C=C\C(=C/CC(C)C)c1cncc(-c2ccc(C(C)=O)cc2Cl)c1. The Morgan fingerprint density at radius 3 is 2.56 bits per heavy atom. The number of ketones is 1. The zero-order chi connectivity index (χ0) is 18.4. The minimum atomic E-state index is 0.00677. The van der Waals surface area contributed by atoms with Gasteiger partial charge in [-0.1, -0.05) is 55.8 Å². The van der Waals surface area contributed by atoms with Gasteiger partial charge in [-0.15, -0.1) is 0 Å². The van der Waals surface area contributed by atoms with Crippen molar-refractivity contribution in [3.8, 4) is 11.1 Å². The van der Waals surface area contributed by atoms with E-state index in [4.69, 9.17) is 11.6 Å². The number of carbonyl (C=O) groups is 1. The molecule has 25 heavy (non-hydrogen) atoms. The highest BCUT2D eigenvalue weighted by molar-refractivity contribution is 6.33. The van der Waals surface area contributed by atoms with E-state index >= 15 is 0 Å². The van der Waals surface area contributed by atoms with Crippen molar-refractivity contribution in [2.24, 2.45) is 5.92 Å². The number of benzene rings is 1. The van der Waals surface area contributed by atoms with Crippen molar-refractivity contribution < 1.29 is 4.79 Å². The molecular formula is C22H24ClNO. The second-order valence-electron chi connectivity index (χ2n) is 6.50. The van der Waals surface area contributed by atoms with Crippen molar-refractivity contribution in [1.82, 2.24) is 4.98 Å². The van der Waals surface area contributed by atoms with Crippen LogP contribution in [0.1, 0.15) is 50.0 Å². The molecule has 0 N–H and O–H groups in total. The zero-order valence-electron chi connectivity index (χ0n) is 15.2. The molecule has 0 unspecified atom stereocenters. The summed E-state index contributed by atoms with van der Waals surface area (Å²) in [5.41, 5.74) is 4.65. The van der Waals surface area contributed by atoms with E-state index < -0.39 is 0 Å². The minimum Gasteiger partial charge on any atom is -0.295 e. The highest BCUT2D eigenvalue weighted by Gasteiger charge is 2.09. The number of pyridine rings is 1. The lowest BCUT2D eigenvalue weighted by Gasteiger charge is -2.09. The summed E-state index contributed by atoms with van der Waals surface area (Å²) >= 11 is 6.40. The van der Waals surface area contributed by atoms with Gasteiger partial charge in [0, 0.05) is 39.7 Å². The highest BCUT2D eigenvalue weighted by Crippen LogP contribution is 2.30. The molecule has 0 fully saturated rings. The third kappa shape index (κ3) is 5.14. The van der Waals surface area contributed by atoms with Crippen LogP contribution in [-0.4, -0.2) is 10.8 Å². The quantitative estimate of drug-likeness (QED) is 0.432. The van der Waals surface area contributed by atoms with Crippen LogP contribution in [-0.2, 0) is 0 Å². The molecule has 0 spiro atoms. The fourth-order valence-electron chi connectivity index (χ4n) is 2.54. The monoisotopic (exact) mass is 353 g/mol. The molecule has 1 aromatic carbocycles. The zero-order valence-corrected chi connectivity index (χ0v) is 16.0. The standard InChI is InChI=1S/C22H24ClNO/c1-5-6-17(8-7-15(2)3)19-11-20(14-24-13-19)21-10-9-18(16(4)25)12-22(21)23/h5-6,8-15H,7H2,1-4H3/b6-5-,17-8+. The molecule has 0 atom stereocenters. The van der Waals surface area contributed by atoms with Gasteiger partial charge in [-0.25, -0.2) is 0 Å². The molecule has 3 heteroatoms. The van der Waals surface area contributed by atoms with Gasteiger partial charge in [-0.3, -0.25) is 9.78 Å². The number of halogens is 1. The van der Waals surface area contributed by atoms with Gasteiger partial charge in [0.15, 0.2) is 5.78 Å². The smallest absolute Gasteiger partial charge is 0.159 e. The van der Waals surface area contributed by atoms with Crippen molar-refractivity contribution in [2.45, 2.75) is 34.1 Å². The highest BCUT2D eigenvalue weighted by atomic mass is 35.5. The summed E-state index contributed by atoms with van der Waals surface area (Å²) in [7, 11) is 0. The summed E-state index contributed by atoms with van der Waals surface area (Å²) in [5.74, 6) is 0.609. The molecular weight excluding hydrogens is 330 g/mol. The second-order valence-corrected chi connectivity index (χ2v) is 6.91. The summed E-state index contributed by atoms with van der Waals surface area (Å²) in [6, 6.07) is 7.49. The molecule has 0 bridgehead atoms. The average Bonchev–Trinajstić information content (AvgIpc) is 2.58. The van der Waals surface area contributed by atoms with Gasteiger partial charge in [0.1, 0.15) is 0 Å². The van der Waals surface area contributed by atoms with E-state index in [2.05, 4.69) is 37.0 Å². The predicted molar refractivity (Wildman–Crippen MR) is 107 cm³/mol. The molecule has 1 heterocycles. The van der Waals surface area contributed by atoms with E-state index in [0.717, 1.165) is 28.7 Å². The van der Waals surface area contributed by atoms with Crippen molar-refractivity contribution >= 4 is 23.0 Å².